The number of nitrogens with zero attached hydrogens (tertiary/aromatic N) is 2. The second-order valence-electron chi connectivity index (χ2n) is 16.0. The number of amides is 2. The number of anilines is 2. The Labute approximate surface area is 364 Å². The molecule has 0 unspecified atom stereocenters. The van der Waals surface area contributed by atoms with Gasteiger partial charge in [-0.25, -0.2) is 8.78 Å². The molecule has 2 heterocycles. The molecule has 0 aromatic heterocycles. The van der Waals surface area contributed by atoms with Gasteiger partial charge in [0.05, 0.1) is 31.4 Å². The number of para-hydroxylation sites is 2. The lowest BCUT2D eigenvalue weighted by Crippen LogP contribution is -2.28. The maximum atomic E-state index is 13.2. The number of aliphatic hydroxyl groups excluding tert-OH is 2. The van der Waals surface area contributed by atoms with Crippen LogP contribution in [0.25, 0.3) is 0 Å². The van der Waals surface area contributed by atoms with Gasteiger partial charge in [-0.2, -0.15) is 0 Å². The zero-order valence-corrected chi connectivity index (χ0v) is 34.7. The van der Waals surface area contributed by atoms with Crippen molar-refractivity contribution in [2.75, 3.05) is 16.9 Å². The number of hydrogen-bond donors (Lipinski definition) is 5. The third-order valence-corrected chi connectivity index (χ3v) is 11.9. The predicted octanol–water partition coefficient (Wildman–Crippen LogP) is 9.99. The molecule has 0 radical (unpaired) electrons. The summed E-state index contributed by atoms with van der Waals surface area (Å²) in [5, 5.41) is 52.1. The number of phenols is 3. The number of phenolic OH excluding ortho intramolecular Hbond substituents is 3. The number of rotatable bonds is 13. The Morgan fingerprint density at radius 3 is 1.38 bits per heavy atom. The first-order valence-electron chi connectivity index (χ1n) is 20.9. The topological polar surface area (TPSA) is 151 Å². The molecule has 2 fully saturated rings. The van der Waals surface area contributed by atoms with Crippen LogP contribution < -0.4 is 14.5 Å². The van der Waals surface area contributed by atoms with E-state index in [-0.39, 0.29) is 65.0 Å². The van der Waals surface area contributed by atoms with Crippen LogP contribution >= 0.6 is 0 Å². The van der Waals surface area contributed by atoms with Crippen LogP contribution in [0.3, 0.4) is 0 Å². The van der Waals surface area contributed by atoms with Crippen LogP contribution in [0.5, 0.6) is 23.0 Å². The quantitative estimate of drug-likeness (QED) is 0.0771. The van der Waals surface area contributed by atoms with Crippen molar-refractivity contribution in [1.82, 2.24) is 0 Å². The smallest absolute Gasteiger partial charge is 0.227 e. The molecule has 12 heteroatoms. The molecule has 10 nitrogen and oxygen atoms in total. The molecule has 6 aromatic rings. The molecule has 0 aliphatic carbocycles. The fourth-order valence-corrected chi connectivity index (χ4v) is 8.82. The fourth-order valence-electron chi connectivity index (χ4n) is 8.82. The largest absolute Gasteiger partial charge is 0.508 e. The minimum atomic E-state index is -0.782. The van der Waals surface area contributed by atoms with Gasteiger partial charge >= 0.3 is 0 Å². The van der Waals surface area contributed by atoms with Crippen LogP contribution in [0.1, 0.15) is 85.1 Å². The highest BCUT2D eigenvalue weighted by atomic mass is 19.1. The zero-order valence-electron chi connectivity index (χ0n) is 34.7. The van der Waals surface area contributed by atoms with Crippen LogP contribution in [-0.4, -0.2) is 44.5 Å². The van der Waals surface area contributed by atoms with E-state index in [1.54, 1.807) is 58.3 Å². The van der Waals surface area contributed by atoms with Crippen molar-refractivity contribution in [3.05, 3.63) is 179 Å². The minimum Gasteiger partial charge on any atom is -0.508 e. The van der Waals surface area contributed by atoms with Gasteiger partial charge in [0.1, 0.15) is 34.6 Å². The predicted molar refractivity (Wildman–Crippen MR) is 235 cm³/mol. The zero-order chi connectivity index (χ0) is 44.6. The summed E-state index contributed by atoms with van der Waals surface area (Å²) in [6, 6.07) is 38.9. The van der Waals surface area contributed by atoms with Crippen LogP contribution in [0.2, 0.25) is 0 Å². The van der Waals surface area contributed by atoms with E-state index in [0.717, 1.165) is 11.4 Å². The molecule has 2 aliphatic heterocycles. The SMILES string of the molecule is COc1ccc([C@@H]2[C@@H](CC[C@H](O)c3ccc(F)cc3)CC(=O)N2c2ccccc2)c(O)c1.O=C1C[C@@H](CC[C@H](O)c2ccc(F)cc2)[C@@H](c2ccc(O)cc2O)N1c1ccccc1. The molecule has 2 aliphatic rings. The van der Waals surface area contributed by atoms with Gasteiger partial charge in [-0.3, -0.25) is 9.59 Å². The number of carbonyl (C=O) groups excluding carboxylic acids is 2. The minimum absolute atomic E-state index is 0.0299. The van der Waals surface area contributed by atoms with Crippen molar-refractivity contribution < 1.29 is 48.6 Å². The number of ether oxygens (including phenoxy) is 1. The summed E-state index contributed by atoms with van der Waals surface area (Å²) in [6.07, 6.45) is 0.929. The van der Waals surface area contributed by atoms with E-state index in [0.29, 0.717) is 60.1 Å². The van der Waals surface area contributed by atoms with Gasteiger partial charge in [0, 0.05) is 47.5 Å². The highest BCUT2D eigenvalue weighted by Gasteiger charge is 2.44. The first-order valence-corrected chi connectivity index (χ1v) is 20.9. The summed E-state index contributed by atoms with van der Waals surface area (Å²) in [5.74, 6) is -0.614. The molecule has 5 N–H and O–H groups in total. The Morgan fingerprint density at radius 2 is 0.984 bits per heavy atom. The average molecular weight is 857 g/mol. The Hall–Kier alpha value is -6.76. The number of carbonyl (C=O) groups is 2. The van der Waals surface area contributed by atoms with Gasteiger partial charge in [-0.15, -0.1) is 0 Å². The molecule has 326 valence electrons. The molecule has 2 amide bonds. The first-order chi connectivity index (χ1) is 30.4. The summed E-state index contributed by atoms with van der Waals surface area (Å²) in [6.45, 7) is 0. The molecule has 6 atom stereocenters. The van der Waals surface area contributed by atoms with E-state index in [4.69, 9.17) is 4.74 Å². The maximum absolute atomic E-state index is 13.2. The van der Waals surface area contributed by atoms with Crippen molar-refractivity contribution in [1.29, 1.82) is 0 Å². The van der Waals surface area contributed by atoms with Gasteiger partial charge < -0.3 is 40.1 Å². The van der Waals surface area contributed by atoms with Crippen LogP contribution in [-0.2, 0) is 9.59 Å². The second-order valence-corrected chi connectivity index (χ2v) is 16.0. The molecule has 8 rings (SSSR count). The fraction of sp³-hybridized carbons (Fsp3) is 0.255. The molecule has 63 heavy (non-hydrogen) atoms. The van der Waals surface area contributed by atoms with Crippen LogP contribution in [0, 0.1) is 23.5 Å². The van der Waals surface area contributed by atoms with Crippen molar-refractivity contribution in [2.24, 2.45) is 11.8 Å². The molecule has 0 saturated carbocycles. The first kappa shape index (κ1) is 44.3. The lowest BCUT2D eigenvalue weighted by Gasteiger charge is -2.30. The van der Waals surface area contributed by atoms with E-state index in [9.17, 15) is 43.9 Å². The number of halogens is 2. The third kappa shape index (κ3) is 10.3. The van der Waals surface area contributed by atoms with E-state index >= 15 is 0 Å². The van der Waals surface area contributed by atoms with Gasteiger partial charge in [0.15, 0.2) is 0 Å². The molecule has 6 aromatic carbocycles. The summed E-state index contributed by atoms with van der Waals surface area (Å²) in [4.78, 5) is 29.5. The third-order valence-electron chi connectivity index (χ3n) is 11.9. The van der Waals surface area contributed by atoms with E-state index in [2.05, 4.69) is 0 Å². The Bertz CT molecular complexity index is 2470. The summed E-state index contributed by atoms with van der Waals surface area (Å²) in [5.41, 5.74) is 3.94. The van der Waals surface area contributed by atoms with Gasteiger partial charge in [-0.1, -0.05) is 60.7 Å². The highest BCUT2D eigenvalue weighted by molar-refractivity contribution is 5.97. The number of aromatic hydroxyl groups is 3. The number of hydrogen-bond acceptors (Lipinski definition) is 8. The Kier molecular flexibility index (Phi) is 14.0. The highest BCUT2D eigenvalue weighted by Crippen LogP contribution is 2.48. The van der Waals surface area contributed by atoms with Crippen molar-refractivity contribution in [3.63, 3.8) is 0 Å². The van der Waals surface area contributed by atoms with Gasteiger partial charge in [-0.05, 0) is 121 Å². The van der Waals surface area contributed by atoms with Crippen LogP contribution in [0.4, 0.5) is 20.2 Å². The monoisotopic (exact) mass is 856 g/mol. The molecular weight excluding hydrogens is 807 g/mol. The molecule has 0 spiro atoms. The number of methoxy groups -OCH3 is 1. The standard InChI is InChI=1S/C26H26FNO4.C25H24FNO4/c1-32-21-12-13-22(24(30)16-21)26-18(9-14-23(29)17-7-10-19(27)11-8-17)15-25(31)28(26)20-5-3-2-4-6-20;26-18-9-6-16(7-10-18)22(29)13-8-17-14-24(31)27(19-4-2-1-3-5-19)25(17)21-12-11-20(28)15-23(21)30/h2-8,10-13,16,18,23,26,29-30H,9,14-15H2,1H3;1-7,9-12,15,17,22,25,28-30H,8,13-14H2/t18-,23-,26-;17-,22+,25+/m01/s1. The molecular formula is C51H50F2N2O8. The number of aliphatic hydroxyl groups is 2. The number of benzene rings is 6. The van der Waals surface area contributed by atoms with Crippen molar-refractivity contribution in [2.45, 2.75) is 62.8 Å². The average Bonchev–Trinajstić information content (AvgIpc) is 3.80. The van der Waals surface area contributed by atoms with Crippen LogP contribution in [0.15, 0.2) is 146 Å². The van der Waals surface area contributed by atoms with E-state index in [1.165, 1.54) is 43.5 Å². The summed E-state index contributed by atoms with van der Waals surface area (Å²) < 4.78 is 31.6. The Morgan fingerprint density at radius 1 is 0.571 bits per heavy atom. The maximum Gasteiger partial charge on any atom is 0.227 e. The second kappa shape index (κ2) is 20.0. The molecule has 2 saturated heterocycles. The normalized spacial score (nSPS) is 19.4. The summed E-state index contributed by atoms with van der Waals surface area (Å²) in [7, 11) is 1.53. The summed E-state index contributed by atoms with van der Waals surface area (Å²) >= 11 is 0. The Balaban J connectivity index is 0.000000189. The van der Waals surface area contributed by atoms with E-state index < -0.39 is 18.2 Å². The molecule has 0 bridgehead atoms. The van der Waals surface area contributed by atoms with E-state index in [1.807, 2.05) is 60.7 Å². The lowest BCUT2D eigenvalue weighted by molar-refractivity contribution is -0.118. The van der Waals surface area contributed by atoms with Crippen molar-refractivity contribution >= 4 is 23.2 Å². The van der Waals surface area contributed by atoms with Crippen molar-refractivity contribution in [3.8, 4) is 23.0 Å². The van der Waals surface area contributed by atoms with Gasteiger partial charge in [0.25, 0.3) is 0 Å². The van der Waals surface area contributed by atoms with Gasteiger partial charge in [0.2, 0.25) is 11.8 Å². The lowest BCUT2D eigenvalue weighted by atomic mass is 9.87.